The Labute approximate surface area is 108 Å². The maximum absolute atomic E-state index is 11.4. The highest BCUT2D eigenvalue weighted by Gasteiger charge is 2.45. The molecule has 0 aromatic heterocycles. The van der Waals surface area contributed by atoms with E-state index in [2.05, 4.69) is 0 Å². The highest BCUT2D eigenvalue weighted by molar-refractivity contribution is 5.83. The molecule has 4 heteroatoms. The van der Waals surface area contributed by atoms with Gasteiger partial charge in [0.05, 0.1) is 11.3 Å². The smallest absolute Gasteiger partial charge is 0.310 e. The van der Waals surface area contributed by atoms with Crippen molar-refractivity contribution in [2.45, 2.75) is 58.8 Å². The zero-order valence-corrected chi connectivity index (χ0v) is 11.3. The van der Waals surface area contributed by atoms with E-state index in [0.717, 1.165) is 25.7 Å². The Morgan fingerprint density at radius 3 is 2.17 bits per heavy atom. The van der Waals surface area contributed by atoms with Crippen LogP contribution in [0.15, 0.2) is 0 Å². The Morgan fingerprint density at radius 1 is 1.22 bits per heavy atom. The molecule has 1 aliphatic rings. The molecule has 0 aromatic carbocycles. The van der Waals surface area contributed by atoms with E-state index >= 15 is 0 Å². The number of carboxylic acids is 2. The zero-order valence-electron chi connectivity index (χ0n) is 11.3. The number of aliphatic carboxylic acids is 2. The van der Waals surface area contributed by atoms with Gasteiger partial charge in [-0.15, -0.1) is 0 Å². The molecule has 0 amide bonds. The second kappa shape index (κ2) is 6.21. The Kier molecular flexibility index (Phi) is 5.17. The first-order valence-corrected chi connectivity index (χ1v) is 6.88. The lowest BCUT2D eigenvalue weighted by atomic mass is 9.69. The highest BCUT2D eigenvalue weighted by Crippen LogP contribution is 2.39. The lowest BCUT2D eigenvalue weighted by Gasteiger charge is -2.33. The maximum Gasteiger partial charge on any atom is 0.310 e. The Bertz CT molecular complexity index is 307. The highest BCUT2D eigenvalue weighted by atomic mass is 16.4. The van der Waals surface area contributed by atoms with Gasteiger partial charge >= 0.3 is 11.9 Å². The van der Waals surface area contributed by atoms with Crippen molar-refractivity contribution >= 4 is 11.9 Å². The van der Waals surface area contributed by atoms with Crippen LogP contribution in [-0.2, 0) is 9.59 Å². The quantitative estimate of drug-likeness (QED) is 0.765. The fourth-order valence-electron chi connectivity index (χ4n) is 2.94. The molecule has 104 valence electrons. The molecule has 1 aliphatic carbocycles. The van der Waals surface area contributed by atoms with Gasteiger partial charge < -0.3 is 10.2 Å². The molecule has 0 heterocycles. The molecule has 1 fully saturated rings. The van der Waals surface area contributed by atoms with Crippen LogP contribution in [0.4, 0.5) is 0 Å². The van der Waals surface area contributed by atoms with Crippen molar-refractivity contribution in [2.24, 2.45) is 17.3 Å². The van der Waals surface area contributed by atoms with Crippen molar-refractivity contribution in [3.8, 4) is 0 Å². The first-order valence-electron chi connectivity index (χ1n) is 6.88. The summed E-state index contributed by atoms with van der Waals surface area (Å²) >= 11 is 0. The number of hydrogen-bond acceptors (Lipinski definition) is 2. The molecule has 0 bridgehead atoms. The van der Waals surface area contributed by atoms with Crippen LogP contribution >= 0.6 is 0 Å². The van der Waals surface area contributed by atoms with Gasteiger partial charge in [-0.25, -0.2) is 0 Å². The number of carbonyl (C=O) groups is 2. The SMILES string of the molecule is CCC(C)(C(=O)O)C(CC1CCCCC1)C(=O)O. The Hall–Kier alpha value is -1.06. The second-order valence-corrected chi connectivity index (χ2v) is 5.71. The minimum absolute atomic E-state index is 0.353. The van der Waals surface area contributed by atoms with E-state index in [-0.39, 0.29) is 0 Å². The van der Waals surface area contributed by atoms with E-state index in [1.54, 1.807) is 13.8 Å². The summed E-state index contributed by atoms with van der Waals surface area (Å²) in [5.41, 5.74) is -1.15. The van der Waals surface area contributed by atoms with E-state index in [9.17, 15) is 19.8 Å². The first kappa shape index (κ1) is 15.0. The third-order valence-corrected chi connectivity index (χ3v) is 4.58. The lowest BCUT2D eigenvalue weighted by molar-refractivity contribution is -0.162. The van der Waals surface area contributed by atoms with E-state index in [0.29, 0.717) is 18.8 Å². The van der Waals surface area contributed by atoms with Crippen LogP contribution in [-0.4, -0.2) is 22.2 Å². The number of rotatable bonds is 6. The standard InChI is InChI=1S/C14H24O4/c1-3-14(2,13(17)18)11(12(15)16)9-10-7-5-4-6-8-10/h10-11H,3-9H2,1-2H3,(H,15,16)(H,17,18). The fourth-order valence-corrected chi connectivity index (χ4v) is 2.94. The summed E-state index contributed by atoms with van der Waals surface area (Å²) < 4.78 is 0. The van der Waals surface area contributed by atoms with Gasteiger partial charge in [-0.05, 0) is 25.7 Å². The van der Waals surface area contributed by atoms with Crippen LogP contribution in [0.3, 0.4) is 0 Å². The predicted octanol–water partition coefficient (Wildman–Crippen LogP) is 3.16. The van der Waals surface area contributed by atoms with Crippen LogP contribution in [0, 0.1) is 17.3 Å². The monoisotopic (exact) mass is 256 g/mol. The van der Waals surface area contributed by atoms with Crippen molar-refractivity contribution in [2.75, 3.05) is 0 Å². The summed E-state index contributed by atoms with van der Waals surface area (Å²) in [6.07, 6.45) is 6.46. The van der Waals surface area contributed by atoms with Gasteiger partial charge in [0.15, 0.2) is 0 Å². The molecule has 1 saturated carbocycles. The molecule has 0 aliphatic heterocycles. The minimum atomic E-state index is -1.15. The molecule has 1 rings (SSSR count). The largest absolute Gasteiger partial charge is 0.481 e. The average molecular weight is 256 g/mol. The molecule has 2 unspecified atom stereocenters. The van der Waals surface area contributed by atoms with Gasteiger partial charge in [0.2, 0.25) is 0 Å². The third-order valence-electron chi connectivity index (χ3n) is 4.58. The van der Waals surface area contributed by atoms with Gasteiger partial charge in [0.1, 0.15) is 0 Å². The molecule has 0 radical (unpaired) electrons. The molecule has 2 atom stereocenters. The van der Waals surface area contributed by atoms with E-state index in [1.165, 1.54) is 6.42 Å². The summed E-state index contributed by atoms with van der Waals surface area (Å²) in [4.78, 5) is 22.8. The van der Waals surface area contributed by atoms with Crippen LogP contribution in [0.2, 0.25) is 0 Å². The normalized spacial score (nSPS) is 22.1. The third kappa shape index (κ3) is 3.24. The molecule has 2 N–H and O–H groups in total. The predicted molar refractivity (Wildman–Crippen MR) is 68.4 cm³/mol. The first-order chi connectivity index (χ1) is 8.41. The zero-order chi connectivity index (χ0) is 13.8. The van der Waals surface area contributed by atoms with E-state index in [4.69, 9.17) is 0 Å². The van der Waals surface area contributed by atoms with Gasteiger partial charge in [-0.1, -0.05) is 39.0 Å². The molecule has 0 saturated heterocycles. The Morgan fingerprint density at radius 2 is 1.78 bits per heavy atom. The van der Waals surface area contributed by atoms with Gasteiger partial charge in [-0.3, -0.25) is 9.59 Å². The molecular formula is C14H24O4. The van der Waals surface area contributed by atoms with E-state index in [1.807, 2.05) is 0 Å². The molecule has 0 spiro atoms. The molecule has 4 nitrogen and oxygen atoms in total. The topological polar surface area (TPSA) is 74.6 Å². The summed E-state index contributed by atoms with van der Waals surface area (Å²) in [5.74, 6) is -2.35. The summed E-state index contributed by atoms with van der Waals surface area (Å²) in [5, 5.41) is 18.7. The van der Waals surface area contributed by atoms with Crippen LogP contribution in [0.25, 0.3) is 0 Å². The second-order valence-electron chi connectivity index (χ2n) is 5.71. The van der Waals surface area contributed by atoms with Crippen molar-refractivity contribution in [3.63, 3.8) is 0 Å². The summed E-state index contributed by atoms with van der Waals surface area (Å²) in [6, 6.07) is 0. The summed E-state index contributed by atoms with van der Waals surface area (Å²) in [6.45, 7) is 3.32. The van der Waals surface area contributed by atoms with Crippen molar-refractivity contribution < 1.29 is 19.8 Å². The molecule has 18 heavy (non-hydrogen) atoms. The number of hydrogen-bond donors (Lipinski definition) is 2. The van der Waals surface area contributed by atoms with Crippen molar-refractivity contribution in [1.29, 1.82) is 0 Å². The Balaban J connectivity index is 2.80. The lowest BCUT2D eigenvalue weighted by Crippen LogP contribution is -2.41. The maximum atomic E-state index is 11.4. The van der Waals surface area contributed by atoms with Gasteiger partial charge in [0, 0.05) is 0 Å². The molecule has 0 aromatic rings. The van der Waals surface area contributed by atoms with Crippen LogP contribution in [0.5, 0.6) is 0 Å². The van der Waals surface area contributed by atoms with Gasteiger partial charge in [0.25, 0.3) is 0 Å². The van der Waals surface area contributed by atoms with Crippen LogP contribution in [0.1, 0.15) is 58.8 Å². The number of carboxylic acid groups (broad SMARTS) is 2. The van der Waals surface area contributed by atoms with E-state index < -0.39 is 23.3 Å². The van der Waals surface area contributed by atoms with Crippen molar-refractivity contribution in [3.05, 3.63) is 0 Å². The van der Waals surface area contributed by atoms with Gasteiger partial charge in [-0.2, -0.15) is 0 Å². The van der Waals surface area contributed by atoms with Crippen molar-refractivity contribution in [1.82, 2.24) is 0 Å². The van der Waals surface area contributed by atoms with Crippen LogP contribution < -0.4 is 0 Å². The average Bonchev–Trinajstić information content (AvgIpc) is 2.35. The fraction of sp³-hybridized carbons (Fsp3) is 0.857. The molecular weight excluding hydrogens is 232 g/mol. The minimum Gasteiger partial charge on any atom is -0.481 e. The summed E-state index contributed by atoms with van der Waals surface area (Å²) in [7, 11) is 0.